The molecule has 0 aliphatic carbocycles. The fourth-order valence-electron chi connectivity index (χ4n) is 1.16. The zero-order chi connectivity index (χ0) is 10.0. The molecule has 0 atom stereocenters. The van der Waals surface area contributed by atoms with Crippen LogP contribution >= 0.6 is 0 Å². The Bertz CT molecular complexity index is 334. The molecule has 0 N–H and O–H groups in total. The second-order valence-corrected chi connectivity index (χ2v) is 3.14. The average Bonchev–Trinajstić information content (AvgIpc) is 2.03. The summed E-state index contributed by atoms with van der Waals surface area (Å²) in [7, 11) is 3.58. The van der Waals surface area contributed by atoms with Gasteiger partial charge in [0, 0.05) is 20.2 Å². The molecule has 0 unspecified atom stereocenters. The van der Waals surface area contributed by atoms with Gasteiger partial charge in [0.1, 0.15) is 5.69 Å². The molecular weight excluding hydrogens is 168 g/mol. The smallest absolute Gasteiger partial charge is 0.292 e. The summed E-state index contributed by atoms with van der Waals surface area (Å²) in [5, 5.41) is 10.7. The summed E-state index contributed by atoms with van der Waals surface area (Å²) >= 11 is 0. The minimum atomic E-state index is -0.359. The number of hydrogen-bond acceptors (Lipinski definition) is 3. The van der Waals surface area contributed by atoms with Gasteiger partial charge in [0.05, 0.1) is 4.92 Å². The zero-order valence-corrected chi connectivity index (χ0v) is 7.94. The average molecular weight is 180 g/mol. The first kappa shape index (κ1) is 9.51. The molecule has 13 heavy (non-hydrogen) atoms. The Labute approximate surface area is 76.9 Å². The molecule has 0 spiro atoms. The second-order valence-electron chi connectivity index (χ2n) is 3.14. The standard InChI is InChI=1S/C9H12N2O2/c1-7-4-5-8(10(2)3)9(6-7)11(12)13/h4-6H,1-3H3. The first-order valence-electron chi connectivity index (χ1n) is 3.94. The maximum Gasteiger partial charge on any atom is 0.292 e. The highest BCUT2D eigenvalue weighted by atomic mass is 16.6. The summed E-state index contributed by atoms with van der Waals surface area (Å²) in [5.74, 6) is 0. The molecule has 0 saturated heterocycles. The minimum absolute atomic E-state index is 0.157. The fourth-order valence-corrected chi connectivity index (χ4v) is 1.16. The third-order valence-corrected chi connectivity index (χ3v) is 1.81. The molecule has 1 aromatic carbocycles. The highest BCUT2D eigenvalue weighted by molar-refractivity contribution is 5.63. The second kappa shape index (κ2) is 3.43. The number of anilines is 1. The number of nitro benzene ring substituents is 1. The summed E-state index contributed by atoms with van der Waals surface area (Å²) in [4.78, 5) is 12.0. The monoisotopic (exact) mass is 180 g/mol. The van der Waals surface area contributed by atoms with Crippen molar-refractivity contribution in [1.82, 2.24) is 0 Å². The van der Waals surface area contributed by atoms with Crippen LogP contribution in [0.15, 0.2) is 18.2 Å². The Morgan fingerprint density at radius 1 is 1.38 bits per heavy atom. The van der Waals surface area contributed by atoms with Gasteiger partial charge in [-0.3, -0.25) is 10.1 Å². The van der Waals surface area contributed by atoms with Gasteiger partial charge >= 0.3 is 0 Å². The number of nitro groups is 1. The molecule has 1 aromatic rings. The van der Waals surface area contributed by atoms with Crippen molar-refractivity contribution < 1.29 is 4.92 Å². The van der Waals surface area contributed by atoms with E-state index in [1.54, 1.807) is 31.1 Å². The van der Waals surface area contributed by atoms with Crippen LogP contribution < -0.4 is 4.90 Å². The van der Waals surface area contributed by atoms with Gasteiger partial charge in [-0.05, 0) is 18.6 Å². The van der Waals surface area contributed by atoms with Crippen molar-refractivity contribution >= 4 is 11.4 Å². The molecule has 0 radical (unpaired) electrons. The maximum absolute atomic E-state index is 10.7. The largest absolute Gasteiger partial charge is 0.372 e. The third kappa shape index (κ3) is 1.96. The van der Waals surface area contributed by atoms with Crippen LogP contribution in [-0.4, -0.2) is 19.0 Å². The van der Waals surface area contributed by atoms with E-state index in [0.29, 0.717) is 5.69 Å². The van der Waals surface area contributed by atoms with E-state index in [2.05, 4.69) is 0 Å². The van der Waals surface area contributed by atoms with Crippen molar-refractivity contribution in [3.8, 4) is 0 Å². The lowest BCUT2D eigenvalue weighted by molar-refractivity contribution is -0.384. The fraction of sp³-hybridized carbons (Fsp3) is 0.333. The lowest BCUT2D eigenvalue weighted by Gasteiger charge is -2.12. The van der Waals surface area contributed by atoms with Crippen molar-refractivity contribution in [1.29, 1.82) is 0 Å². The maximum atomic E-state index is 10.7. The Kier molecular flexibility index (Phi) is 2.51. The topological polar surface area (TPSA) is 46.4 Å². The molecule has 1 rings (SSSR count). The molecule has 0 amide bonds. The molecule has 4 heteroatoms. The summed E-state index contributed by atoms with van der Waals surface area (Å²) in [6.45, 7) is 1.84. The van der Waals surface area contributed by atoms with Crippen LogP contribution in [0, 0.1) is 17.0 Å². The van der Waals surface area contributed by atoms with Gasteiger partial charge in [0.15, 0.2) is 0 Å². The van der Waals surface area contributed by atoms with E-state index in [1.165, 1.54) is 0 Å². The predicted molar refractivity (Wildman–Crippen MR) is 52.2 cm³/mol. The minimum Gasteiger partial charge on any atom is -0.372 e. The lowest BCUT2D eigenvalue weighted by atomic mass is 10.2. The summed E-state index contributed by atoms with van der Waals surface area (Å²) in [5.41, 5.74) is 1.69. The number of aryl methyl sites for hydroxylation is 1. The van der Waals surface area contributed by atoms with Gasteiger partial charge in [-0.2, -0.15) is 0 Å². The molecule has 0 bridgehead atoms. The zero-order valence-electron chi connectivity index (χ0n) is 7.94. The van der Waals surface area contributed by atoms with E-state index in [4.69, 9.17) is 0 Å². The van der Waals surface area contributed by atoms with Gasteiger partial charge < -0.3 is 4.90 Å². The predicted octanol–water partition coefficient (Wildman–Crippen LogP) is 1.97. The van der Waals surface area contributed by atoms with Gasteiger partial charge in [-0.25, -0.2) is 0 Å². The van der Waals surface area contributed by atoms with Crippen molar-refractivity contribution in [3.63, 3.8) is 0 Å². The van der Waals surface area contributed by atoms with E-state index < -0.39 is 0 Å². The van der Waals surface area contributed by atoms with E-state index in [9.17, 15) is 10.1 Å². The van der Waals surface area contributed by atoms with Crippen LogP contribution in [0.2, 0.25) is 0 Å². The van der Waals surface area contributed by atoms with Crippen LogP contribution in [0.1, 0.15) is 5.56 Å². The van der Waals surface area contributed by atoms with Crippen molar-refractivity contribution in [2.75, 3.05) is 19.0 Å². The van der Waals surface area contributed by atoms with Crippen molar-refractivity contribution in [3.05, 3.63) is 33.9 Å². The number of hydrogen-bond donors (Lipinski definition) is 0. The number of nitrogens with zero attached hydrogens (tertiary/aromatic N) is 2. The van der Waals surface area contributed by atoms with E-state index in [1.807, 2.05) is 13.0 Å². The highest BCUT2D eigenvalue weighted by Crippen LogP contribution is 2.26. The van der Waals surface area contributed by atoms with Gasteiger partial charge in [-0.1, -0.05) is 6.07 Å². The highest BCUT2D eigenvalue weighted by Gasteiger charge is 2.14. The Hall–Kier alpha value is -1.58. The van der Waals surface area contributed by atoms with Crippen LogP contribution in [0.5, 0.6) is 0 Å². The first-order valence-corrected chi connectivity index (χ1v) is 3.94. The molecule has 4 nitrogen and oxygen atoms in total. The molecule has 0 fully saturated rings. The van der Waals surface area contributed by atoms with E-state index in [0.717, 1.165) is 5.56 Å². The van der Waals surface area contributed by atoms with Crippen molar-refractivity contribution in [2.24, 2.45) is 0 Å². The Morgan fingerprint density at radius 2 is 2.00 bits per heavy atom. The molecular formula is C9H12N2O2. The lowest BCUT2D eigenvalue weighted by Crippen LogP contribution is -2.10. The van der Waals surface area contributed by atoms with Gasteiger partial charge in [0.2, 0.25) is 0 Å². The third-order valence-electron chi connectivity index (χ3n) is 1.81. The quantitative estimate of drug-likeness (QED) is 0.516. The normalized spacial score (nSPS) is 9.77. The van der Waals surface area contributed by atoms with E-state index >= 15 is 0 Å². The molecule has 0 saturated carbocycles. The molecule has 0 aromatic heterocycles. The molecule has 0 aliphatic rings. The first-order chi connectivity index (χ1) is 6.02. The Balaban J connectivity index is 3.27. The van der Waals surface area contributed by atoms with Crippen molar-refractivity contribution in [2.45, 2.75) is 6.92 Å². The molecule has 70 valence electrons. The summed E-state index contributed by atoms with van der Waals surface area (Å²) < 4.78 is 0. The van der Waals surface area contributed by atoms with Crippen LogP contribution in [0.3, 0.4) is 0 Å². The van der Waals surface area contributed by atoms with Gasteiger partial charge in [0.25, 0.3) is 5.69 Å². The van der Waals surface area contributed by atoms with Gasteiger partial charge in [-0.15, -0.1) is 0 Å². The molecule has 0 heterocycles. The van der Waals surface area contributed by atoms with Crippen LogP contribution in [0.25, 0.3) is 0 Å². The summed E-state index contributed by atoms with van der Waals surface area (Å²) in [6, 6.07) is 5.20. The number of benzene rings is 1. The molecule has 0 aliphatic heterocycles. The summed E-state index contributed by atoms with van der Waals surface area (Å²) in [6.07, 6.45) is 0. The van der Waals surface area contributed by atoms with E-state index in [-0.39, 0.29) is 10.6 Å². The Morgan fingerprint density at radius 3 is 2.46 bits per heavy atom. The van der Waals surface area contributed by atoms with Crippen LogP contribution in [-0.2, 0) is 0 Å². The van der Waals surface area contributed by atoms with Crippen LogP contribution in [0.4, 0.5) is 11.4 Å². The number of rotatable bonds is 2. The SMILES string of the molecule is Cc1ccc(N(C)C)c([N+](=O)[O-])c1.